The zero-order chi connectivity index (χ0) is 35.3. The normalized spacial score (nSPS) is 20.2. The first-order valence-corrected chi connectivity index (χ1v) is 19.8. The molecule has 256 valence electrons. The molecule has 0 bridgehead atoms. The second-order valence-electron chi connectivity index (χ2n) is 13.6. The lowest BCUT2D eigenvalue weighted by atomic mass is 9.65. The predicted octanol–water partition coefficient (Wildman–Crippen LogP) is 7.04. The number of ketones is 1. The number of carbonyl (C=O) groups excluding carboxylic acids is 1. The smallest absolute Gasteiger partial charge is 0.393 e. The summed E-state index contributed by atoms with van der Waals surface area (Å²) in [6, 6.07) is 7.35. The van der Waals surface area contributed by atoms with E-state index in [2.05, 4.69) is 15.4 Å². The Balaban J connectivity index is 1.72. The van der Waals surface area contributed by atoms with Crippen LogP contribution in [0.3, 0.4) is 0 Å². The Labute approximate surface area is 279 Å². The Bertz CT molecular complexity index is 1940. The fourth-order valence-corrected chi connectivity index (χ4v) is 11.7. The van der Waals surface area contributed by atoms with Crippen LogP contribution in [0.15, 0.2) is 69.5 Å². The number of carbonyl (C=O) groups is 1. The van der Waals surface area contributed by atoms with Gasteiger partial charge in [-0.1, -0.05) is 26.3 Å². The molecule has 0 spiro atoms. The van der Waals surface area contributed by atoms with Crippen molar-refractivity contribution in [3.05, 3.63) is 93.8 Å². The van der Waals surface area contributed by atoms with E-state index in [1.165, 1.54) is 18.3 Å². The number of halogens is 4. The number of piperidine rings is 1. The highest BCUT2D eigenvalue weighted by atomic mass is 32.2. The molecule has 3 aromatic rings. The lowest BCUT2D eigenvalue weighted by Gasteiger charge is -2.46. The van der Waals surface area contributed by atoms with E-state index in [1.807, 2.05) is 39.9 Å². The number of aromatic nitrogens is 3. The molecule has 1 aliphatic carbocycles. The van der Waals surface area contributed by atoms with Gasteiger partial charge in [-0.15, -0.1) is 0 Å². The molecule has 1 unspecified atom stereocenters. The van der Waals surface area contributed by atoms with Gasteiger partial charge in [0, 0.05) is 38.7 Å². The van der Waals surface area contributed by atoms with Crippen molar-refractivity contribution in [1.82, 2.24) is 24.4 Å². The van der Waals surface area contributed by atoms with Crippen LogP contribution in [0.2, 0.25) is 18.1 Å². The first kappa shape index (κ1) is 35.4. The highest BCUT2D eigenvalue weighted by Gasteiger charge is 2.52. The molecular weight excluding hydrogens is 663 g/mol. The Morgan fingerprint density at radius 3 is 2.46 bits per heavy atom. The summed E-state index contributed by atoms with van der Waals surface area (Å²) in [6.07, 6.45) is 2.39. The largest absolute Gasteiger partial charge is 0.416 e. The van der Waals surface area contributed by atoms with Gasteiger partial charge in [-0.05, 0) is 79.0 Å². The molecule has 48 heavy (non-hydrogen) atoms. The van der Waals surface area contributed by atoms with Gasteiger partial charge in [-0.3, -0.25) is 13.8 Å². The number of Topliss-reactive ketones (excluding diaryl/α,β-unsaturated/α-hetero) is 1. The predicted molar refractivity (Wildman–Crippen MR) is 181 cm³/mol. The number of fused-ring (bicyclic) bond motifs is 2. The van der Waals surface area contributed by atoms with Crippen LogP contribution in [0.4, 0.5) is 17.6 Å². The molecular formula is C33H39F4N7O2SSi. The van der Waals surface area contributed by atoms with Crippen molar-refractivity contribution in [2.45, 2.75) is 57.9 Å². The molecule has 1 fully saturated rings. The van der Waals surface area contributed by atoms with Crippen molar-refractivity contribution in [2.24, 2.45) is 9.44 Å². The number of benzene rings is 1. The van der Waals surface area contributed by atoms with Gasteiger partial charge >= 0.3 is 6.18 Å². The maximum atomic E-state index is 15.3. The van der Waals surface area contributed by atoms with Crippen LogP contribution in [0, 0.1) is 16.6 Å². The van der Waals surface area contributed by atoms with E-state index in [9.17, 15) is 22.4 Å². The first-order chi connectivity index (χ1) is 22.4. The first-order valence-electron chi connectivity index (χ1n) is 15.4. The summed E-state index contributed by atoms with van der Waals surface area (Å²) < 4.78 is 78.7. The molecule has 15 heteroatoms. The average Bonchev–Trinajstić information content (AvgIpc) is 3.43. The van der Waals surface area contributed by atoms with Gasteiger partial charge in [0.1, 0.15) is 21.4 Å². The summed E-state index contributed by atoms with van der Waals surface area (Å²) in [7, 11) is -4.53. The minimum atomic E-state index is -4.70. The molecule has 1 aromatic carbocycles. The van der Waals surface area contributed by atoms with Crippen LogP contribution in [0.1, 0.15) is 54.5 Å². The van der Waals surface area contributed by atoms with Gasteiger partial charge in [-0.25, -0.2) is 17.6 Å². The van der Waals surface area contributed by atoms with Crippen molar-refractivity contribution in [3.8, 4) is 5.69 Å². The summed E-state index contributed by atoms with van der Waals surface area (Å²) in [5.41, 5.74) is -0.327. The number of hydrogen-bond donors (Lipinski definition) is 2. The standard InChI is InChI=1S/C33H39F4N7O2SSi/c1-31(2,3)48(5,6)42-47(46,27(18-38)20-39-4)43-14-12-23-16-29-22(19-41-44(29)26-9-7-25(34)8-10-26)17-32(23,21-43)30(45)28-15-24(11-13-40-28)33(35,36)37/h7-11,13,15-16,18-20,38-39H,12,14,17,21H2,1-6H3/b27-20+,38-18?/t32-,47?/m0/s1. The number of hydrogen-bond acceptors (Lipinski definition) is 7. The molecule has 2 N–H and O–H groups in total. The molecule has 2 aliphatic rings. The van der Waals surface area contributed by atoms with Gasteiger partial charge in [0.05, 0.1) is 33.5 Å². The Morgan fingerprint density at radius 1 is 1.17 bits per heavy atom. The fraction of sp³-hybridized carbons (Fsp3) is 0.394. The molecule has 3 heterocycles. The highest BCUT2D eigenvalue weighted by Crippen LogP contribution is 2.48. The van der Waals surface area contributed by atoms with E-state index in [0.717, 1.165) is 24.5 Å². The number of allylic oxidation sites excluding steroid dienone is 1. The third kappa shape index (κ3) is 6.30. The molecule has 0 saturated carbocycles. The van der Waals surface area contributed by atoms with Crippen molar-refractivity contribution < 1.29 is 26.6 Å². The third-order valence-electron chi connectivity index (χ3n) is 9.48. The Hall–Kier alpha value is -3.95. The van der Waals surface area contributed by atoms with Gasteiger partial charge in [-0.2, -0.15) is 18.3 Å². The van der Waals surface area contributed by atoms with E-state index in [-0.39, 0.29) is 41.6 Å². The SMILES string of the molecule is CN/C=C(\C=N)S(=O)(=N[Si](C)(C)C(C)(C)C)N1CCC2=Cc3c(cnn3-c3ccc(F)cc3)C[C@]2(C(=O)c2cc(C(F)(F)F)ccn2)C1. The maximum absolute atomic E-state index is 15.3. The van der Waals surface area contributed by atoms with E-state index in [1.54, 1.807) is 34.4 Å². The molecule has 5 rings (SSSR count). The van der Waals surface area contributed by atoms with E-state index in [4.69, 9.17) is 9.44 Å². The molecule has 0 radical (unpaired) electrons. The van der Waals surface area contributed by atoms with Crippen LogP contribution in [-0.2, 0) is 22.5 Å². The minimum absolute atomic E-state index is 0.0356. The monoisotopic (exact) mass is 701 g/mol. The lowest BCUT2D eigenvalue weighted by molar-refractivity contribution is -0.137. The van der Waals surface area contributed by atoms with E-state index in [0.29, 0.717) is 22.5 Å². The van der Waals surface area contributed by atoms with Gasteiger partial charge in [0.2, 0.25) is 0 Å². The van der Waals surface area contributed by atoms with E-state index >= 15 is 4.21 Å². The number of alkyl halides is 3. The molecule has 9 nitrogen and oxygen atoms in total. The Kier molecular flexibility index (Phi) is 9.20. The van der Waals surface area contributed by atoms with Crippen LogP contribution in [0.5, 0.6) is 0 Å². The summed E-state index contributed by atoms with van der Waals surface area (Å²) in [4.78, 5) is 18.9. The molecule has 0 amide bonds. The summed E-state index contributed by atoms with van der Waals surface area (Å²) in [5.74, 6) is -1.06. The van der Waals surface area contributed by atoms with Gasteiger partial charge < -0.3 is 10.7 Å². The van der Waals surface area contributed by atoms with Crippen molar-refractivity contribution in [3.63, 3.8) is 0 Å². The zero-order valence-electron chi connectivity index (χ0n) is 27.7. The van der Waals surface area contributed by atoms with Crippen molar-refractivity contribution in [1.29, 1.82) is 5.41 Å². The number of nitrogens with one attached hydrogen (secondary N) is 2. The van der Waals surface area contributed by atoms with Crippen molar-refractivity contribution >= 4 is 36.2 Å². The average molecular weight is 702 g/mol. The topological polar surface area (TPSA) is 116 Å². The Morgan fingerprint density at radius 2 is 1.85 bits per heavy atom. The van der Waals surface area contributed by atoms with Crippen molar-refractivity contribution in [2.75, 3.05) is 20.1 Å². The number of nitrogens with zero attached hydrogens (tertiary/aromatic N) is 5. The second-order valence-corrected chi connectivity index (χ2v) is 20.9. The van der Waals surface area contributed by atoms with Crippen LogP contribution in [-0.4, -0.2) is 63.6 Å². The third-order valence-corrected chi connectivity index (χ3v) is 17.8. The minimum Gasteiger partial charge on any atom is -0.393 e. The quantitative estimate of drug-likeness (QED) is 0.113. The summed E-state index contributed by atoms with van der Waals surface area (Å²) in [5, 5.41) is 15.3. The molecule has 1 saturated heterocycles. The lowest BCUT2D eigenvalue weighted by Crippen LogP contribution is -2.54. The highest BCUT2D eigenvalue weighted by molar-refractivity contribution is 7.96. The second kappa shape index (κ2) is 12.5. The molecule has 1 aliphatic heterocycles. The number of pyridine rings is 1. The van der Waals surface area contributed by atoms with Gasteiger partial charge in [0.15, 0.2) is 14.0 Å². The van der Waals surface area contributed by atoms with Gasteiger partial charge in [0.25, 0.3) is 0 Å². The number of rotatable bonds is 8. The van der Waals surface area contributed by atoms with Crippen LogP contribution in [0.25, 0.3) is 11.8 Å². The fourth-order valence-electron chi connectivity index (χ4n) is 5.83. The van der Waals surface area contributed by atoms with Crippen LogP contribution < -0.4 is 5.32 Å². The van der Waals surface area contributed by atoms with E-state index < -0.39 is 46.9 Å². The summed E-state index contributed by atoms with van der Waals surface area (Å²) >= 11 is 0. The van der Waals surface area contributed by atoms with Crippen LogP contribution >= 0.6 is 0 Å². The summed E-state index contributed by atoms with van der Waals surface area (Å²) in [6.45, 7) is 10.1. The zero-order valence-corrected chi connectivity index (χ0v) is 29.5. The maximum Gasteiger partial charge on any atom is 0.416 e. The molecule has 2 atom stereocenters. The molecule has 2 aromatic heterocycles.